The molecule has 0 aromatic heterocycles. The van der Waals surface area contributed by atoms with E-state index in [0.29, 0.717) is 0 Å². The highest BCUT2D eigenvalue weighted by atomic mass is 16.5. The van der Waals surface area contributed by atoms with Crippen LogP contribution in [0.25, 0.3) is 0 Å². The first kappa shape index (κ1) is 14.4. The summed E-state index contributed by atoms with van der Waals surface area (Å²) < 4.78 is 10.9. The average molecular weight is 271 g/mol. The summed E-state index contributed by atoms with van der Waals surface area (Å²) in [6, 6.07) is 18.0. The highest BCUT2D eigenvalue weighted by molar-refractivity contribution is 5.27. The second-order valence-electron chi connectivity index (χ2n) is 4.72. The number of methoxy groups -OCH3 is 1. The quantitative estimate of drug-likeness (QED) is 0.838. The molecule has 0 aliphatic carbocycles. The second-order valence-corrected chi connectivity index (χ2v) is 4.72. The van der Waals surface area contributed by atoms with Crippen LogP contribution in [-0.2, 0) is 6.54 Å². The first-order valence-electron chi connectivity index (χ1n) is 6.83. The molecule has 2 aromatic carbocycles. The number of hydrogen-bond donors (Lipinski definition) is 1. The maximum atomic E-state index is 5.81. The molecule has 1 atom stereocenters. The van der Waals surface area contributed by atoms with E-state index in [2.05, 4.69) is 24.4 Å². The van der Waals surface area contributed by atoms with Crippen molar-refractivity contribution < 1.29 is 9.47 Å². The van der Waals surface area contributed by atoms with Crippen LogP contribution in [-0.4, -0.2) is 19.8 Å². The maximum Gasteiger partial charge on any atom is 0.119 e. The Hall–Kier alpha value is -2.00. The van der Waals surface area contributed by atoms with Crippen LogP contribution in [0.3, 0.4) is 0 Å². The van der Waals surface area contributed by atoms with Gasteiger partial charge in [-0.05, 0) is 36.8 Å². The van der Waals surface area contributed by atoms with Crippen LogP contribution >= 0.6 is 0 Å². The van der Waals surface area contributed by atoms with Crippen LogP contribution in [0.4, 0.5) is 0 Å². The lowest BCUT2D eigenvalue weighted by atomic mass is 10.2. The fraction of sp³-hybridized carbons (Fsp3) is 0.294. The molecule has 3 heteroatoms. The Morgan fingerprint density at radius 1 is 0.950 bits per heavy atom. The standard InChI is InChI=1S/C17H21NO2/c1-14(20-17-6-4-3-5-7-17)12-18-13-15-8-10-16(19-2)11-9-15/h3-11,14,18H,12-13H2,1-2H3. The van der Waals surface area contributed by atoms with Crippen molar-refractivity contribution in [2.45, 2.75) is 19.6 Å². The van der Waals surface area contributed by atoms with Crippen molar-refractivity contribution in [2.75, 3.05) is 13.7 Å². The molecule has 2 aromatic rings. The molecule has 106 valence electrons. The van der Waals surface area contributed by atoms with E-state index in [-0.39, 0.29) is 6.10 Å². The summed E-state index contributed by atoms with van der Waals surface area (Å²) in [5, 5.41) is 3.39. The van der Waals surface area contributed by atoms with Gasteiger partial charge in [0.2, 0.25) is 0 Å². The number of hydrogen-bond acceptors (Lipinski definition) is 3. The van der Waals surface area contributed by atoms with Crippen LogP contribution < -0.4 is 14.8 Å². The summed E-state index contributed by atoms with van der Waals surface area (Å²) in [4.78, 5) is 0. The van der Waals surface area contributed by atoms with Crippen molar-refractivity contribution in [2.24, 2.45) is 0 Å². The van der Waals surface area contributed by atoms with E-state index in [1.165, 1.54) is 5.56 Å². The van der Waals surface area contributed by atoms with Crippen molar-refractivity contribution >= 4 is 0 Å². The van der Waals surface area contributed by atoms with Crippen molar-refractivity contribution in [1.29, 1.82) is 0 Å². The molecule has 0 bridgehead atoms. The van der Waals surface area contributed by atoms with Crippen LogP contribution in [0.5, 0.6) is 11.5 Å². The molecule has 0 radical (unpaired) electrons. The number of nitrogens with one attached hydrogen (secondary N) is 1. The number of ether oxygens (including phenoxy) is 2. The van der Waals surface area contributed by atoms with Gasteiger partial charge < -0.3 is 14.8 Å². The molecule has 0 saturated carbocycles. The molecule has 0 spiro atoms. The van der Waals surface area contributed by atoms with Gasteiger partial charge in [-0.1, -0.05) is 30.3 Å². The Labute approximate surface area is 120 Å². The third kappa shape index (κ3) is 4.59. The summed E-state index contributed by atoms with van der Waals surface area (Å²) >= 11 is 0. The summed E-state index contributed by atoms with van der Waals surface area (Å²) in [5.41, 5.74) is 1.23. The van der Waals surface area contributed by atoms with Gasteiger partial charge in [-0.3, -0.25) is 0 Å². The topological polar surface area (TPSA) is 30.5 Å². The number of benzene rings is 2. The first-order chi connectivity index (χ1) is 9.78. The van der Waals surface area contributed by atoms with Gasteiger partial charge in [-0.25, -0.2) is 0 Å². The van der Waals surface area contributed by atoms with E-state index < -0.39 is 0 Å². The fourth-order valence-corrected chi connectivity index (χ4v) is 1.94. The van der Waals surface area contributed by atoms with Crippen molar-refractivity contribution in [1.82, 2.24) is 5.32 Å². The molecule has 0 aliphatic rings. The third-order valence-electron chi connectivity index (χ3n) is 3.00. The fourth-order valence-electron chi connectivity index (χ4n) is 1.94. The highest BCUT2D eigenvalue weighted by Gasteiger charge is 2.03. The average Bonchev–Trinajstić information content (AvgIpc) is 2.49. The summed E-state index contributed by atoms with van der Waals surface area (Å²) in [7, 11) is 1.68. The highest BCUT2D eigenvalue weighted by Crippen LogP contribution is 2.12. The Bertz CT molecular complexity index is 496. The summed E-state index contributed by atoms with van der Waals surface area (Å²) in [6.45, 7) is 3.70. The zero-order valence-corrected chi connectivity index (χ0v) is 12.0. The molecule has 1 unspecified atom stereocenters. The van der Waals surface area contributed by atoms with E-state index in [9.17, 15) is 0 Å². The molecule has 2 rings (SSSR count). The van der Waals surface area contributed by atoms with Crippen LogP contribution in [0.2, 0.25) is 0 Å². The molecule has 0 aliphatic heterocycles. The largest absolute Gasteiger partial charge is 0.497 e. The van der Waals surface area contributed by atoms with Crippen LogP contribution in [0, 0.1) is 0 Å². The Morgan fingerprint density at radius 2 is 1.65 bits per heavy atom. The van der Waals surface area contributed by atoms with Gasteiger partial charge in [0.25, 0.3) is 0 Å². The normalized spacial score (nSPS) is 11.9. The zero-order valence-electron chi connectivity index (χ0n) is 12.0. The van der Waals surface area contributed by atoms with Gasteiger partial charge in [0.05, 0.1) is 7.11 Å². The molecule has 0 saturated heterocycles. The predicted molar refractivity (Wildman–Crippen MR) is 81.2 cm³/mol. The minimum Gasteiger partial charge on any atom is -0.497 e. The minimum absolute atomic E-state index is 0.135. The van der Waals surface area contributed by atoms with Crippen LogP contribution in [0.15, 0.2) is 54.6 Å². The van der Waals surface area contributed by atoms with E-state index >= 15 is 0 Å². The molecular weight excluding hydrogens is 250 g/mol. The second kappa shape index (κ2) is 7.56. The smallest absolute Gasteiger partial charge is 0.119 e. The molecule has 1 N–H and O–H groups in total. The lowest BCUT2D eigenvalue weighted by Crippen LogP contribution is -2.28. The van der Waals surface area contributed by atoms with Crippen molar-refractivity contribution in [3.8, 4) is 11.5 Å². The monoisotopic (exact) mass is 271 g/mol. The third-order valence-corrected chi connectivity index (χ3v) is 3.00. The molecule has 3 nitrogen and oxygen atoms in total. The SMILES string of the molecule is COc1ccc(CNCC(C)Oc2ccccc2)cc1. The Kier molecular flexibility index (Phi) is 5.44. The minimum atomic E-state index is 0.135. The van der Waals surface area contributed by atoms with E-state index in [1.807, 2.05) is 42.5 Å². The van der Waals surface area contributed by atoms with E-state index in [1.54, 1.807) is 7.11 Å². The summed E-state index contributed by atoms with van der Waals surface area (Å²) in [6.07, 6.45) is 0.135. The molecule has 0 heterocycles. The van der Waals surface area contributed by atoms with Gasteiger partial charge >= 0.3 is 0 Å². The Morgan fingerprint density at radius 3 is 2.30 bits per heavy atom. The summed E-state index contributed by atoms with van der Waals surface area (Å²) in [5.74, 6) is 1.79. The van der Waals surface area contributed by atoms with E-state index in [4.69, 9.17) is 9.47 Å². The van der Waals surface area contributed by atoms with Gasteiger partial charge in [-0.15, -0.1) is 0 Å². The zero-order chi connectivity index (χ0) is 14.2. The van der Waals surface area contributed by atoms with Crippen molar-refractivity contribution in [3.63, 3.8) is 0 Å². The van der Waals surface area contributed by atoms with Gasteiger partial charge in [0, 0.05) is 13.1 Å². The van der Waals surface area contributed by atoms with Gasteiger partial charge in [0.15, 0.2) is 0 Å². The van der Waals surface area contributed by atoms with Crippen LogP contribution in [0.1, 0.15) is 12.5 Å². The first-order valence-corrected chi connectivity index (χ1v) is 6.83. The molecular formula is C17H21NO2. The maximum absolute atomic E-state index is 5.81. The van der Waals surface area contributed by atoms with E-state index in [0.717, 1.165) is 24.6 Å². The molecule has 0 fully saturated rings. The van der Waals surface area contributed by atoms with Crippen molar-refractivity contribution in [3.05, 3.63) is 60.2 Å². The van der Waals surface area contributed by atoms with Gasteiger partial charge in [0.1, 0.15) is 17.6 Å². The lowest BCUT2D eigenvalue weighted by Gasteiger charge is -2.15. The number of para-hydroxylation sites is 1. The molecule has 0 amide bonds. The Balaban J connectivity index is 1.72. The molecule has 20 heavy (non-hydrogen) atoms. The predicted octanol–water partition coefficient (Wildman–Crippen LogP) is 3.25. The number of rotatable bonds is 7. The lowest BCUT2D eigenvalue weighted by molar-refractivity contribution is 0.217. The van der Waals surface area contributed by atoms with Gasteiger partial charge in [-0.2, -0.15) is 0 Å².